The largest absolute Gasteiger partial charge is 0.452 e. The van der Waals surface area contributed by atoms with Gasteiger partial charge in [0.05, 0.1) is 6.54 Å². The van der Waals surface area contributed by atoms with Crippen molar-refractivity contribution in [1.82, 2.24) is 9.78 Å². The number of amides is 1. The summed E-state index contributed by atoms with van der Waals surface area (Å²) in [7, 11) is 0. The van der Waals surface area contributed by atoms with E-state index in [4.69, 9.17) is 14.9 Å². The summed E-state index contributed by atoms with van der Waals surface area (Å²) in [5.74, 6) is -0.854. The van der Waals surface area contributed by atoms with Crippen molar-refractivity contribution in [1.29, 1.82) is 0 Å². The predicted molar refractivity (Wildman–Crippen MR) is 64.1 cm³/mol. The van der Waals surface area contributed by atoms with Gasteiger partial charge in [-0.05, 0) is 25.1 Å². The van der Waals surface area contributed by atoms with E-state index in [9.17, 15) is 9.59 Å². The molecule has 0 bridgehead atoms. The Morgan fingerprint density at radius 1 is 1.53 bits per heavy atom. The zero-order chi connectivity index (χ0) is 13.8. The summed E-state index contributed by atoms with van der Waals surface area (Å²) < 4.78 is 11.8. The van der Waals surface area contributed by atoms with Crippen LogP contribution in [0.15, 0.2) is 35.0 Å². The second-order valence-electron chi connectivity index (χ2n) is 3.92. The molecule has 0 aliphatic heterocycles. The van der Waals surface area contributed by atoms with Crippen LogP contribution in [0.5, 0.6) is 0 Å². The topological polar surface area (TPSA) is 100 Å². The lowest BCUT2D eigenvalue weighted by molar-refractivity contribution is -0.125. The highest BCUT2D eigenvalue weighted by molar-refractivity contribution is 5.89. The van der Waals surface area contributed by atoms with Crippen LogP contribution >= 0.6 is 0 Å². The minimum Gasteiger partial charge on any atom is -0.452 e. The minimum absolute atomic E-state index is 0.0234. The van der Waals surface area contributed by atoms with Gasteiger partial charge < -0.3 is 14.9 Å². The predicted octanol–water partition coefficient (Wildman–Crippen LogP) is 0.555. The molecule has 0 aliphatic carbocycles. The second-order valence-corrected chi connectivity index (χ2v) is 3.92. The number of carbonyl (C=O) groups is 2. The summed E-state index contributed by atoms with van der Waals surface area (Å²) in [6.07, 6.45) is 2.43. The summed E-state index contributed by atoms with van der Waals surface area (Å²) in [5.41, 5.74) is 5.00. The van der Waals surface area contributed by atoms with Gasteiger partial charge in [0.1, 0.15) is 5.76 Å². The summed E-state index contributed by atoms with van der Waals surface area (Å²) in [4.78, 5) is 22.4. The van der Waals surface area contributed by atoms with E-state index in [0.717, 1.165) is 0 Å². The Kier molecular flexibility index (Phi) is 3.65. The molecule has 0 saturated carbocycles. The van der Waals surface area contributed by atoms with Crippen molar-refractivity contribution < 1.29 is 18.7 Å². The highest BCUT2D eigenvalue weighted by atomic mass is 16.6. The van der Waals surface area contributed by atoms with Gasteiger partial charge in [0.15, 0.2) is 6.10 Å². The third-order valence-corrected chi connectivity index (χ3v) is 2.42. The monoisotopic (exact) mass is 263 g/mol. The van der Waals surface area contributed by atoms with Gasteiger partial charge >= 0.3 is 5.97 Å². The molecule has 2 rings (SSSR count). The van der Waals surface area contributed by atoms with E-state index >= 15 is 0 Å². The van der Waals surface area contributed by atoms with Gasteiger partial charge in [-0.2, -0.15) is 5.10 Å². The van der Waals surface area contributed by atoms with Crippen LogP contribution in [0.4, 0.5) is 0 Å². The Hall–Kier alpha value is -2.57. The zero-order valence-corrected chi connectivity index (χ0v) is 10.3. The van der Waals surface area contributed by atoms with Crippen LogP contribution in [0.1, 0.15) is 23.2 Å². The number of ether oxygens (including phenoxy) is 1. The molecule has 1 amide bonds. The molecule has 0 aliphatic rings. The fraction of sp³-hybridized carbons (Fsp3) is 0.250. The Balaban J connectivity index is 2.00. The molecule has 0 saturated heterocycles. The number of aromatic nitrogens is 2. The van der Waals surface area contributed by atoms with Crippen molar-refractivity contribution in [3.05, 3.63) is 42.1 Å². The standard InChI is InChI=1S/C12H13N3O4/c1-8(11(13)16)18-12(17)10-4-3-9(19-10)7-15-6-2-5-14-15/h2-6,8H,7H2,1H3,(H2,13,16). The number of nitrogens with zero attached hydrogens (tertiary/aromatic N) is 2. The van der Waals surface area contributed by atoms with E-state index in [1.807, 2.05) is 0 Å². The maximum atomic E-state index is 11.6. The Morgan fingerprint density at radius 2 is 2.32 bits per heavy atom. The van der Waals surface area contributed by atoms with Crippen molar-refractivity contribution >= 4 is 11.9 Å². The number of carbonyl (C=O) groups excluding carboxylic acids is 2. The van der Waals surface area contributed by atoms with E-state index in [2.05, 4.69) is 5.10 Å². The fourth-order valence-corrected chi connectivity index (χ4v) is 1.40. The lowest BCUT2D eigenvalue weighted by atomic mass is 10.4. The van der Waals surface area contributed by atoms with Crippen LogP contribution in [-0.2, 0) is 16.1 Å². The molecule has 0 aromatic carbocycles. The van der Waals surface area contributed by atoms with E-state index in [1.54, 1.807) is 29.2 Å². The molecule has 19 heavy (non-hydrogen) atoms. The molecule has 0 radical (unpaired) electrons. The van der Waals surface area contributed by atoms with Gasteiger partial charge in [0, 0.05) is 12.4 Å². The Bertz CT molecular complexity index is 574. The van der Waals surface area contributed by atoms with Gasteiger partial charge in [0.25, 0.3) is 5.91 Å². The minimum atomic E-state index is -0.993. The van der Waals surface area contributed by atoms with Gasteiger partial charge in [-0.1, -0.05) is 0 Å². The smallest absolute Gasteiger partial charge is 0.375 e. The fourth-order valence-electron chi connectivity index (χ4n) is 1.40. The molecule has 7 heteroatoms. The maximum Gasteiger partial charge on any atom is 0.375 e. The number of esters is 1. The van der Waals surface area contributed by atoms with Gasteiger partial charge in [0.2, 0.25) is 5.76 Å². The molecule has 100 valence electrons. The molecule has 0 fully saturated rings. The lowest BCUT2D eigenvalue weighted by Gasteiger charge is -2.07. The highest BCUT2D eigenvalue weighted by Crippen LogP contribution is 2.11. The van der Waals surface area contributed by atoms with Crippen molar-refractivity contribution in [2.75, 3.05) is 0 Å². The van der Waals surface area contributed by atoms with E-state index < -0.39 is 18.0 Å². The molecule has 2 aromatic heterocycles. The van der Waals surface area contributed by atoms with Crippen molar-refractivity contribution in [3.8, 4) is 0 Å². The normalized spacial score (nSPS) is 12.1. The highest BCUT2D eigenvalue weighted by Gasteiger charge is 2.19. The average molecular weight is 263 g/mol. The van der Waals surface area contributed by atoms with Crippen LogP contribution in [0.3, 0.4) is 0 Å². The average Bonchev–Trinajstić information content (AvgIpc) is 3.00. The molecule has 2 N–H and O–H groups in total. The first-order chi connectivity index (χ1) is 9.06. The summed E-state index contributed by atoms with van der Waals surface area (Å²) >= 11 is 0. The van der Waals surface area contributed by atoms with Crippen LogP contribution in [0.2, 0.25) is 0 Å². The van der Waals surface area contributed by atoms with Crippen molar-refractivity contribution in [2.45, 2.75) is 19.6 Å². The van der Waals surface area contributed by atoms with Gasteiger partial charge in [-0.15, -0.1) is 0 Å². The molecule has 7 nitrogen and oxygen atoms in total. The van der Waals surface area contributed by atoms with Crippen LogP contribution in [0, 0.1) is 0 Å². The molecule has 0 spiro atoms. The van der Waals surface area contributed by atoms with E-state index in [1.165, 1.54) is 13.0 Å². The van der Waals surface area contributed by atoms with Crippen LogP contribution < -0.4 is 5.73 Å². The summed E-state index contributed by atoms with van der Waals surface area (Å²) in [6, 6.07) is 4.91. The third-order valence-electron chi connectivity index (χ3n) is 2.42. The Labute approximate surface area is 108 Å². The first-order valence-electron chi connectivity index (χ1n) is 5.62. The van der Waals surface area contributed by atoms with Crippen LogP contribution in [-0.4, -0.2) is 27.8 Å². The molecule has 1 atom stereocenters. The molecular weight excluding hydrogens is 250 g/mol. The van der Waals surface area contributed by atoms with Crippen molar-refractivity contribution in [2.24, 2.45) is 5.73 Å². The summed E-state index contributed by atoms with van der Waals surface area (Å²) in [6.45, 7) is 1.81. The van der Waals surface area contributed by atoms with Crippen molar-refractivity contribution in [3.63, 3.8) is 0 Å². The maximum absolute atomic E-state index is 11.6. The van der Waals surface area contributed by atoms with Crippen LogP contribution in [0.25, 0.3) is 0 Å². The third kappa shape index (κ3) is 3.21. The summed E-state index contributed by atoms with van der Waals surface area (Å²) in [5, 5.41) is 4.02. The number of hydrogen-bond acceptors (Lipinski definition) is 5. The number of rotatable bonds is 5. The molecule has 2 heterocycles. The van der Waals surface area contributed by atoms with E-state index in [0.29, 0.717) is 12.3 Å². The van der Waals surface area contributed by atoms with E-state index in [-0.39, 0.29) is 5.76 Å². The number of hydrogen-bond donors (Lipinski definition) is 1. The van der Waals surface area contributed by atoms with Gasteiger partial charge in [-0.3, -0.25) is 9.48 Å². The molecular formula is C12H13N3O4. The second kappa shape index (κ2) is 5.38. The lowest BCUT2D eigenvalue weighted by Crippen LogP contribution is -2.30. The first kappa shape index (κ1) is 12.9. The molecule has 1 unspecified atom stereocenters. The number of nitrogens with two attached hydrogens (primary N) is 1. The zero-order valence-electron chi connectivity index (χ0n) is 10.3. The SMILES string of the molecule is CC(OC(=O)c1ccc(Cn2cccn2)o1)C(N)=O. The van der Waals surface area contributed by atoms with Gasteiger partial charge in [-0.25, -0.2) is 4.79 Å². The Morgan fingerprint density at radius 3 is 2.95 bits per heavy atom. The number of furan rings is 1. The first-order valence-corrected chi connectivity index (χ1v) is 5.62. The molecule has 2 aromatic rings. The quantitative estimate of drug-likeness (QED) is 0.794. The number of primary amides is 1.